The van der Waals surface area contributed by atoms with Gasteiger partial charge >= 0.3 is 0 Å². The van der Waals surface area contributed by atoms with Gasteiger partial charge in [0.25, 0.3) is 5.91 Å². The van der Waals surface area contributed by atoms with Crippen LogP contribution in [-0.2, 0) is 9.63 Å². The summed E-state index contributed by atoms with van der Waals surface area (Å²) in [6.45, 7) is 1.56. The lowest BCUT2D eigenvalue weighted by Crippen LogP contribution is -2.58. The molecule has 1 aromatic rings. The zero-order valence-electron chi connectivity index (χ0n) is 11.9. The molecule has 0 radical (unpaired) electrons. The van der Waals surface area contributed by atoms with Crippen molar-refractivity contribution in [3.8, 4) is 0 Å². The Bertz CT molecular complexity index is 563. The molecule has 7 nitrogen and oxygen atoms in total. The lowest BCUT2D eigenvalue weighted by Gasteiger charge is -2.29. The first-order valence-corrected chi connectivity index (χ1v) is 6.26. The Kier molecular flexibility index (Phi) is 4.21. The molecule has 2 rings (SSSR count). The number of rotatable bonds is 4. The van der Waals surface area contributed by atoms with Gasteiger partial charge in [0.05, 0.1) is 11.8 Å². The van der Waals surface area contributed by atoms with Gasteiger partial charge in [-0.2, -0.15) is 5.48 Å². The first-order chi connectivity index (χ1) is 9.97. The van der Waals surface area contributed by atoms with Crippen molar-refractivity contribution in [1.82, 2.24) is 15.9 Å². The van der Waals surface area contributed by atoms with Crippen molar-refractivity contribution in [1.29, 1.82) is 0 Å². The Labute approximate surface area is 121 Å². The maximum absolute atomic E-state index is 13.1. The molecular weight excluding hydrogens is 279 g/mol. The highest BCUT2D eigenvalue weighted by Crippen LogP contribution is 2.34. The molecule has 0 bridgehead atoms. The Balaban J connectivity index is 2.54. The molecule has 1 aliphatic heterocycles. The van der Waals surface area contributed by atoms with Gasteiger partial charge in [-0.3, -0.25) is 9.80 Å². The van der Waals surface area contributed by atoms with Crippen LogP contribution >= 0.6 is 0 Å². The second-order valence-corrected chi connectivity index (χ2v) is 4.76. The summed E-state index contributed by atoms with van der Waals surface area (Å²) < 4.78 is 13.1. The van der Waals surface area contributed by atoms with Gasteiger partial charge in [0.1, 0.15) is 12.9 Å². The number of likely N-dealkylation sites (N-methyl/N-ethyl adjacent to an activating group) is 1. The van der Waals surface area contributed by atoms with Gasteiger partial charge in [0.15, 0.2) is 5.54 Å². The summed E-state index contributed by atoms with van der Waals surface area (Å²) in [6.07, 6.45) is 0. The third-order valence-corrected chi connectivity index (χ3v) is 3.58. The largest absolute Gasteiger partial charge is 0.399 e. The SMILES string of the molecule is CO/N=C(\C)C1(NO)C(=O)N(C)NC1c1ccc(F)cc1. The Morgan fingerprint density at radius 1 is 1.52 bits per heavy atom. The zero-order chi connectivity index (χ0) is 15.6. The van der Waals surface area contributed by atoms with Crippen molar-refractivity contribution in [3.05, 3.63) is 35.6 Å². The van der Waals surface area contributed by atoms with E-state index >= 15 is 0 Å². The van der Waals surface area contributed by atoms with E-state index in [-0.39, 0.29) is 11.5 Å². The molecule has 114 valence electrons. The average Bonchev–Trinajstić information content (AvgIpc) is 2.73. The first-order valence-electron chi connectivity index (χ1n) is 6.26. The van der Waals surface area contributed by atoms with Crippen LogP contribution in [0.25, 0.3) is 0 Å². The molecule has 8 heteroatoms. The predicted molar refractivity (Wildman–Crippen MR) is 72.8 cm³/mol. The molecule has 2 unspecified atom stereocenters. The maximum Gasteiger partial charge on any atom is 0.267 e. The van der Waals surface area contributed by atoms with Crippen LogP contribution in [0.1, 0.15) is 18.5 Å². The van der Waals surface area contributed by atoms with Crippen molar-refractivity contribution in [2.24, 2.45) is 5.16 Å². The third-order valence-electron chi connectivity index (χ3n) is 3.58. The van der Waals surface area contributed by atoms with E-state index in [9.17, 15) is 14.4 Å². The summed E-state index contributed by atoms with van der Waals surface area (Å²) in [7, 11) is 2.87. The number of oxime groups is 1. The Hall–Kier alpha value is -2.03. The van der Waals surface area contributed by atoms with Gasteiger partial charge in [-0.1, -0.05) is 17.3 Å². The number of hydrogen-bond donors (Lipinski definition) is 3. The average molecular weight is 296 g/mol. The predicted octanol–water partition coefficient (Wildman–Crippen LogP) is 0.583. The number of nitrogens with one attached hydrogen (secondary N) is 2. The van der Waals surface area contributed by atoms with Crippen molar-refractivity contribution in [2.75, 3.05) is 14.2 Å². The van der Waals surface area contributed by atoms with Crippen LogP contribution in [0.3, 0.4) is 0 Å². The summed E-state index contributed by atoms with van der Waals surface area (Å²) in [5.41, 5.74) is 4.30. The number of hydrogen-bond acceptors (Lipinski definition) is 6. The van der Waals surface area contributed by atoms with Gasteiger partial charge < -0.3 is 10.0 Å². The minimum atomic E-state index is -1.53. The summed E-state index contributed by atoms with van der Waals surface area (Å²) in [5.74, 6) is -0.820. The fourth-order valence-electron chi connectivity index (χ4n) is 2.48. The van der Waals surface area contributed by atoms with E-state index in [4.69, 9.17) is 4.84 Å². The van der Waals surface area contributed by atoms with Crippen LogP contribution in [0, 0.1) is 5.82 Å². The van der Waals surface area contributed by atoms with Crippen LogP contribution in [0.2, 0.25) is 0 Å². The molecule has 0 saturated carbocycles. The molecule has 1 amide bonds. The molecule has 0 aromatic heterocycles. The second kappa shape index (κ2) is 5.76. The first kappa shape index (κ1) is 15.4. The van der Waals surface area contributed by atoms with Crippen LogP contribution in [0.5, 0.6) is 0 Å². The highest BCUT2D eigenvalue weighted by atomic mass is 19.1. The Morgan fingerprint density at radius 3 is 2.67 bits per heavy atom. The maximum atomic E-state index is 13.1. The quantitative estimate of drug-likeness (QED) is 0.559. The molecule has 0 aliphatic carbocycles. The van der Waals surface area contributed by atoms with Gasteiger partial charge in [-0.05, 0) is 24.6 Å². The molecule has 2 atom stereocenters. The third kappa shape index (κ3) is 2.37. The number of carbonyl (C=O) groups is 1. The minimum absolute atomic E-state index is 0.240. The Morgan fingerprint density at radius 2 is 2.14 bits per heavy atom. The smallest absolute Gasteiger partial charge is 0.267 e. The van der Waals surface area contributed by atoms with Gasteiger partial charge in [-0.15, -0.1) is 0 Å². The molecule has 1 fully saturated rings. The molecule has 0 spiro atoms. The van der Waals surface area contributed by atoms with Crippen LogP contribution in [0.4, 0.5) is 4.39 Å². The fourth-order valence-corrected chi connectivity index (χ4v) is 2.48. The normalized spacial score (nSPS) is 26.3. The van der Waals surface area contributed by atoms with Gasteiger partial charge in [0, 0.05) is 7.05 Å². The second-order valence-electron chi connectivity index (χ2n) is 4.76. The van der Waals surface area contributed by atoms with E-state index in [1.54, 1.807) is 6.92 Å². The molecule has 1 heterocycles. The lowest BCUT2D eigenvalue weighted by molar-refractivity contribution is -0.134. The lowest BCUT2D eigenvalue weighted by atomic mass is 9.83. The number of halogens is 1. The van der Waals surface area contributed by atoms with E-state index in [1.165, 1.54) is 43.4 Å². The molecule has 3 N–H and O–H groups in total. The van der Waals surface area contributed by atoms with Crippen LogP contribution in [-0.4, -0.2) is 41.5 Å². The minimum Gasteiger partial charge on any atom is -0.399 e. The highest BCUT2D eigenvalue weighted by Gasteiger charge is 2.56. The number of carbonyl (C=O) groups excluding carboxylic acids is 1. The highest BCUT2D eigenvalue weighted by molar-refractivity contribution is 6.13. The fraction of sp³-hybridized carbons (Fsp3) is 0.385. The van der Waals surface area contributed by atoms with Crippen LogP contribution < -0.4 is 10.9 Å². The summed E-state index contributed by atoms with van der Waals surface area (Å²) >= 11 is 0. The van der Waals surface area contributed by atoms with E-state index < -0.39 is 17.5 Å². The standard InChI is InChI=1S/C13H17FN4O3/c1-8(16-21-3)13(17-20)11(15-18(2)12(13)19)9-4-6-10(14)7-5-9/h4-7,11,15,17,20H,1-3H3/b16-8+. The van der Waals surface area contributed by atoms with E-state index in [0.717, 1.165) is 0 Å². The summed E-state index contributed by atoms with van der Waals surface area (Å²) in [4.78, 5) is 17.2. The van der Waals surface area contributed by atoms with E-state index in [0.29, 0.717) is 5.56 Å². The van der Waals surface area contributed by atoms with Crippen molar-refractivity contribution >= 4 is 11.6 Å². The number of hydrazine groups is 1. The van der Waals surface area contributed by atoms with Crippen LogP contribution in [0.15, 0.2) is 29.4 Å². The van der Waals surface area contributed by atoms with Gasteiger partial charge in [-0.25, -0.2) is 9.82 Å². The summed E-state index contributed by atoms with van der Waals surface area (Å²) in [5, 5.41) is 14.6. The van der Waals surface area contributed by atoms with E-state index in [2.05, 4.69) is 10.6 Å². The van der Waals surface area contributed by atoms with Crippen molar-refractivity contribution < 1.29 is 19.2 Å². The summed E-state index contributed by atoms with van der Waals surface area (Å²) in [6, 6.07) is 4.96. The molecular formula is C13H17FN4O3. The zero-order valence-corrected chi connectivity index (χ0v) is 11.9. The number of hydroxylamine groups is 1. The monoisotopic (exact) mass is 296 g/mol. The number of benzene rings is 1. The molecule has 21 heavy (non-hydrogen) atoms. The van der Waals surface area contributed by atoms with Gasteiger partial charge in [0.2, 0.25) is 0 Å². The molecule has 1 aliphatic rings. The van der Waals surface area contributed by atoms with Crippen molar-refractivity contribution in [2.45, 2.75) is 18.5 Å². The van der Waals surface area contributed by atoms with E-state index in [1.807, 2.05) is 5.48 Å². The molecule has 1 aromatic carbocycles. The molecule has 1 saturated heterocycles. The number of nitrogens with zero attached hydrogens (tertiary/aromatic N) is 2. The van der Waals surface area contributed by atoms with Crippen molar-refractivity contribution in [3.63, 3.8) is 0 Å². The number of amides is 1. The topological polar surface area (TPSA) is 86.2 Å².